The van der Waals surface area contributed by atoms with Gasteiger partial charge < -0.3 is 44.9 Å². The van der Waals surface area contributed by atoms with Crippen LogP contribution in [0.25, 0.3) is 11.2 Å². The van der Waals surface area contributed by atoms with Gasteiger partial charge in [0.2, 0.25) is 5.95 Å². The summed E-state index contributed by atoms with van der Waals surface area (Å²) in [5.41, 5.74) is 12.6. The van der Waals surface area contributed by atoms with Crippen molar-refractivity contribution in [3.05, 3.63) is 46.5 Å². The molecule has 1 aromatic carbocycles. The van der Waals surface area contributed by atoms with Crippen LogP contribution >= 0.6 is 16.5 Å². The molecule has 3 aromatic rings. The maximum absolute atomic E-state index is 12.1. The Morgan fingerprint density at radius 2 is 1.72 bits per heavy atom. The number of nitrogens with two attached hydrogens (primary N) is 2. The monoisotopic (exact) mass is 621 g/mol. The molecule has 0 spiro atoms. The van der Waals surface area contributed by atoms with Crippen LogP contribution in [0.15, 0.2) is 35.4 Å². The maximum atomic E-state index is 12.1. The van der Waals surface area contributed by atoms with Crippen LogP contribution in [0.3, 0.4) is 0 Å². The van der Waals surface area contributed by atoms with Gasteiger partial charge in [-0.1, -0.05) is 12.1 Å². The Morgan fingerprint density at radius 3 is 2.36 bits per heavy atom. The third-order valence-electron chi connectivity index (χ3n) is 5.15. The van der Waals surface area contributed by atoms with Gasteiger partial charge in [0.25, 0.3) is 5.56 Å². The number of fused-ring (bicyclic) bond motifs is 2. The van der Waals surface area contributed by atoms with Crippen molar-refractivity contribution in [2.75, 3.05) is 18.1 Å². The maximum Gasteiger partial charge on any atom is 0.316 e. The Morgan fingerprint density at radius 1 is 1.08 bits per heavy atom. The van der Waals surface area contributed by atoms with Crippen LogP contribution in [0.5, 0.6) is 0 Å². The van der Waals surface area contributed by atoms with Crippen LogP contribution in [-0.4, -0.2) is 59.1 Å². The second-order valence-corrected chi connectivity index (χ2v) is 8.79. The van der Waals surface area contributed by atoms with Crippen LogP contribution in [0, 0.1) is 0 Å². The number of aromatic nitrogens is 4. The summed E-state index contributed by atoms with van der Waals surface area (Å²) in [4.78, 5) is 46.2. The van der Waals surface area contributed by atoms with Gasteiger partial charge >= 0.3 is 16.5 Å². The van der Waals surface area contributed by atoms with Crippen LogP contribution in [0.1, 0.15) is 18.1 Å². The predicted octanol–water partition coefficient (Wildman–Crippen LogP) is -0.579. The molecule has 4 unspecified atom stereocenters. The van der Waals surface area contributed by atoms with Gasteiger partial charge in [-0.3, -0.25) is 23.5 Å². The largest absolute Gasteiger partial charge is 0.399 e. The molecule has 5 rings (SSSR count). The molecule has 19 heteroatoms. The summed E-state index contributed by atoms with van der Waals surface area (Å²) in [7, 11) is -6.30. The van der Waals surface area contributed by atoms with Crippen molar-refractivity contribution in [1.82, 2.24) is 19.5 Å². The fourth-order valence-corrected chi connectivity index (χ4v) is 4.09. The molecule has 2 fully saturated rings. The SMILES string of the molecule is Nc1ccc(C2OC3C(O2)[C@@H](CO[PH](=O)O)O[C@H]3n2cnc3c(=O)[nH]c(N)nc32)cc1.O=[PH](O)O.[Y]. The Labute approximate surface area is 228 Å². The summed E-state index contributed by atoms with van der Waals surface area (Å²) in [5.74, 6) is -0.0732. The molecule has 4 heterocycles. The summed E-state index contributed by atoms with van der Waals surface area (Å²) in [6.45, 7) is -0.188. The number of hydrogen-bond acceptors (Lipinski definition) is 11. The average molecular weight is 621 g/mol. The van der Waals surface area contributed by atoms with E-state index in [-0.39, 0.29) is 56.4 Å². The first-order chi connectivity index (χ1) is 16.6. The summed E-state index contributed by atoms with van der Waals surface area (Å²) in [6.07, 6.45) is -2.09. The number of nitrogens with one attached hydrogen (secondary N) is 1. The van der Waals surface area contributed by atoms with Gasteiger partial charge in [-0.05, 0) is 12.1 Å². The third-order valence-corrected chi connectivity index (χ3v) is 5.57. The average Bonchev–Trinajstić information content (AvgIpc) is 3.46. The summed E-state index contributed by atoms with van der Waals surface area (Å²) < 4.78 is 44.4. The normalized spacial score (nSPS) is 25.7. The molecule has 6 atom stereocenters. The standard InChI is InChI=1S/C17H19N6O7P.H3O3P.Y/c18-8-3-1-7(2-4-8)16-29-11-9(5-27-31(25)26)28-15(12(11)30-16)23-6-20-10-13(23)21-17(19)22-14(10)24;1-4(2)3;/h1-4,6,9,11-12,15-16,31H,5,18H2,(H,25,26)(H3,19,21,22,24);4H,(H2,1,2,3);/t9-,11?,12?,15-,16?;;/m1../s1. The number of ether oxygens (including phenoxy) is 3. The van der Waals surface area contributed by atoms with Gasteiger partial charge in [0, 0.05) is 44.0 Å². The minimum atomic E-state index is -3.17. The number of aromatic amines is 1. The van der Waals surface area contributed by atoms with Crippen LogP contribution in [0.2, 0.25) is 0 Å². The molecule has 36 heavy (non-hydrogen) atoms. The van der Waals surface area contributed by atoms with E-state index >= 15 is 0 Å². The molecule has 0 aliphatic carbocycles. The first kappa shape index (κ1) is 29.0. The van der Waals surface area contributed by atoms with Crippen LogP contribution in [0.4, 0.5) is 11.6 Å². The third kappa shape index (κ3) is 6.47. The van der Waals surface area contributed by atoms with E-state index in [0.717, 1.165) is 5.56 Å². The van der Waals surface area contributed by atoms with Crippen molar-refractivity contribution in [1.29, 1.82) is 0 Å². The molecular formula is C17H22N6O10P2Y. The van der Waals surface area contributed by atoms with E-state index in [1.165, 1.54) is 10.9 Å². The fraction of sp³-hybridized carbons (Fsp3) is 0.353. The van der Waals surface area contributed by atoms with Crippen molar-refractivity contribution < 1.29 is 75.3 Å². The molecule has 1 radical (unpaired) electrons. The van der Waals surface area contributed by atoms with E-state index in [1.54, 1.807) is 24.3 Å². The van der Waals surface area contributed by atoms with Gasteiger partial charge in [0.05, 0.1) is 12.9 Å². The van der Waals surface area contributed by atoms with E-state index in [0.29, 0.717) is 5.69 Å². The number of rotatable bonds is 5. The van der Waals surface area contributed by atoms with Gasteiger partial charge in [0.1, 0.15) is 18.3 Å². The van der Waals surface area contributed by atoms with Gasteiger partial charge in [0.15, 0.2) is 23.7 Å². The minimum absolute atomic E-state index is 0. The first-order valence-corrected chi connectivity index (χ1v) is 12.5. The van der Waals surface area contributed by atoms with Crippen molar-refractivity contribution in [2.24, 2.45) is 0 Å². The summed E-state index contributed by atoms with van der Waals surface area (Å²) in [6, 6.07) is 7.02. The van der Waals surface area contributed by atoms with Crippen LogP contribution in [-0.2, 0) is 60.6 Å². The van der Waals surface area contributed by atoms with Gasteiger partial charge in [-0.2, -0.15) is 4.98 Å². The van der Waals surface area contributed by atoms with Crippen molar-refractivity contribution in [3.8, 4) is 0 Å². The van der Waals surface area contributed by atoms with E-state index < -0.39 is 52.9 Å². The van der Waals surface area contributed by atoms with Gasteiger partial charge in [-0.25, -0.2) is 4.98 Å². The molecule has 0 bridgehead atoms. The molecule has 2 saturated heterocycles. The zero-order chi connectivity index (χ0) is 25.3. The van der Waals surface area contributed by atoms with E-state index in [4.69, 9.17) is 49.4 Å². The Hall–Kier alpha value is -1.55. The number of hydrogen-bond donors (Lipinski definition) is 6. The predicted molar refractivity (Wildman–Crippen MR) is 120 cm³/mol. The summed E-state index contributed by atoms with van der Waals surface area (Å²) in [5, 5.41) is 0. The van der Waals surface area contributed by atoms with E-state index in [2.05, 4.69) is 15.0 Å². The Kier molecular flexibility index (Phi) is 9.94. The fourth-order valence-electron chi connectivity index (χ4n) is 3.79. The zero-order valence-corrected chi connectivity index (χ0v) is 23.1. The summed E-state index contributed by atoms with van der Waals surface area (Å²) >= 11 is 0. The molecule has 2 aromatic heterocycles. The molecule has 8 N–H and O–H groups in total. The Bertz CT molecular complexity index is 1300. The van der Waals surface area contributed by atoms with Crippen molar-refractivity contribution in [2.45, 2.75) is 30.8 Å². The molecule has 2 aliphatic heterocycles. The molecule has 0 amide bonds. The van der Waals surface area contributed by atoms with E-state index in [1.807, 2.05) is 0 Å². The van der Waals surface area contributed by atoms with Crippen molar-refractivity contribution >= 4 is 39.3 Å². The van der Waals surface area contributed by atoms with Gasteiger partial charge in [-0.15, -0.1) is 0 Å². The Balaban J connectivity index is 0.000000674. The number of imidazole rings is 1. The molecule has 2 aliphatic rings. The molecule has 16 nitrogen and oxygen atoms in total. The first-order valence-electron chi connectivity index (χ1n) is 9.95. The smallest absolute Gasteiger partial charge is 0.316 e. The molecule has 193 valence electrons. The topological polar surface area (TPSA) is 247 Å². The molecule has 0 saturated carbocycles. The second kappa shape index (κ2) is 12.3. The number of anilines is 2. The second-order valence-electron chi connectivity index (χ2n) is 7.40. The quantitative estimate of drug-likeness (QED) is 0.154. The number of H-pyrrole nitrogens is 1. The van der Waals surface area contributed by atoms with Crippen molar-refractivity contribution in [3.63, 3.8) is 0 Å². The number of nitrogens with zero attached hydrogens (tertiary/aromatic N) is 3. The zero-order valence-electron chi connectivity index (χ0n) is 18.3. The van der Waals surface area contributed by atoms with Crippen LogP contribution < -0.4 is 17.0 Å². The number of benzene rings is 1. The van der Waals surface area contributed by atoms with E-state index in [9.17, 15) is 9.36 Å². The minimum Gasteiger partial charge on any atom is -0.399 e. The number of nitrogen functional groups attached to an aromatic ring is 2. The molecular weight excluding hydrogens is 599 g/mol.